The van der Waals surface area contributed by atoms with E-state index in [1.807, 2.05) is 0 Å². The van der Waals surface area contributed by atoms with Crippen LogP contribution in [-0.4, -0.2) is 61.6 Å². The lowest BCUT2D eigenvalue weighted by atomic mass is 9.93. The van der Waals surface area contributed by atoms with Crippen molar-refractivity contribution in [2.75, 3.05) is 39.8 Å². The van der Waals surface area contributed by atoms with Gasteiger partial charge in [0.05, 0.1) is 6.54 Å². The summed E-state index contributed by atoms with van der Waals surface area (Å²) in [5.74, 6) is 1.09. The third-order valence-electron chi connectivity index (χ3n) is 4.37. The number of hydrogen-bond acceptors (Lipinski definition) is 2. The number of hydrogen-bond donors (Lipinski definition) is 1. The highest BCUT2D eigenvalue weighted by atomic mass is 15.3. The molecule has 1 aliphatic rings. The summed E-state index contributed by atoms with van der Waals surface area (Å²) in [7, 11) is 2.19. The Kier molecular flexibility index (Phi) is 6.80. The van der Waals surface area contributed by atoms with Gasteiger partial charge in [-0.15, -0.1) is 0 Å². The molecule has 0 aliphatic carbocycles. The number of likely N-dealkylation sites (N-methyl/N-ethyl adjacent to an activating group) is 1. The van der Waals surface area contributed by atoms with Crippen molar-refractivity contribution in [1.82, 2.24) is 15.1 Å². The van der Waals surface area contributed by atoms with Crippen LogP contribution in [0, 0.1) is 5.41 Å². The minimum absolute atomic E-state index is 0.420. The maximum absolute atomic E-state index is 4.81. The third kappa shape index (κ3) is 5.31. The lowest BCUT2D eigenvalue weighted by molar-refractivity contribution is 0.258. The molecule has 20 heavy (non-hydrogen) atoms. The Balaban J connectivity index is 2.51. The Morgan fingerprint density at radius 1 is 1.40 bits per heavy atom. The van der Waals surface area contributed by atoms with Crippen LogP contribution in [-0.2, 0) is 0 Å². The molecule has 0 aromatic heterocycles. The minimum Gasteiger partial charge on any atom is -0.357 e. The number of nitrogens with one attached hydrogen (secondary N) is 1. The highest BCUT2D eigenvalue weighted by Gasteiger charge is 2.30. The van der Waals surface area contributed by atoms with Crippen molar-refractivity contribution in [3.05, 3.63) is 0 Å². The Morgan fingerprint density at radius 3 is 2.60 bits per heavy atom. The molecule has 0 aromatic carbocycles. The molecule has 1 aliphatic heterocycles. The number of guanidine groups is 1. The van der Waals surface area contributed by atoms with Crippen molar-refractivity contribution in [2.24, 2.45) is 10.4 Å². The number of rotatable bonds is 6. The molecule has 4 nitrogen and oxygen atoms in total. The molecular formula is C16H34N4. The third-order valence-corrected chi connectivity index (χ3v) is 4.37. The van der Waals surface area contributed by atoms with Crippen molar-refractivity contribution >= 4 is 5.96 Å². The fourth-order valence-electron chi connectivity index (χ4n) is 2.56. The van der Waals surface area contributed by atoms with E-state index in [0.717, 1.165) is 38.7 Å². The summed E-state index contributed by atoms with van der Waals surface area (Å²) in [6, 6.07) is 0.638. The highest BCUT2D eigenvalue weighted by molar-refractivity contribution is 5.80. The summed E-state index contributed by atoms with van der Waals surface area (Å²) in [5, 5.41) is 3.44. The van der Waals surface area contributed by atoms with Crippen molar-refractivity contribution in [3.8, 4) is 0 Å². The number of likely N-dealkylation sites (tertiary alicyclic amines) is 1. The molecule has 0 aromatic rings. The van der Waals surface area contributed by atoms with Gasteiger partial charge < -0.3 is 15.1 Å². The second-order valence-electron chi connectivity index (χ2n) is 6.81. The summed E-state index contributed by atoms with van der Waals surface area (Å²) >= 11 is 0. The first-order chi connectivity index (χ1) is 9.39. The van der Waals surface area contributed by atoms with Gasteiger partial charge in [-0.05, 0) is 39.2 Å². The molecule has 1 N–H and O–H groups in total. The van der Waals surface area contributed by atoms with Crippen molar-refractivity contribution in [1.29, 1.82) is 0 Å². The van der Waals surface area contributed by atoms with Crippen LogP contribution in [0.5, 0.6) is 0 Å². The normalized spacial score (nSPS) is 20.6. The minimum atomic E-state index is 0.420. The maximum Gasteiger partial charge on any atom is 0.193 e. The summed E-state index contributed by atoms with van der Waals surface area (Å²) in [6.07, 6.45) is 2.45. The highest BCUT2D eigenvalue weighted by Crippen LogP contribution is 2.28. The topological polar surface area (TPSA) is 30.9 Å². The van der Waals surface area contributed by atoms with Gasteiger partial charge in [0.2, 0.25) is 0 Å². The summed E-state index contributed by atoms with van der Waals surface area (Å²) in [5.41, 5.74) is 0.420. The summed E-state index contributed by atoms with van der Waals surface area (Å²) in [4.78, 5) is 9.61. The van der Waals surface area contributed by atoms with Crippen LogP contribution in [0.3, 0.4) is 0 Å². The van der Waals surface area contributed by atoms with Crippen LogP contribution in [0.1, 0.15) is 47.5 Å². The van der Waals surface area contributed by atoms with Crippen LogP contribution in [0.25, 0.3) is 0 Å². The zero-order valence-electron chi connectivity index (χ0n) is 14.4. The van der Waals surface area contributed by atoms with Crippen LogP contribution in [0.4, 0.5) is 0 Å². The Bertz CT molecular complexity index is 312. The van der Waals surface area contributed by atoms with Gasteiger partial charge in [0.25, 0.3) is 0 Å². The molecule has 118 valence electrons. The van der Waals surface area contributed by atoms with E-state index in [9.17, 15) is 0 Å². The fourth-order valence-corrected chi connectivity index (χ4v) is 2.56. The first kappa shape index (κ1) is 17.3. The largest absolute Gasteiger partial charge is 0.357 e. The van der Waals surface area contributed by atoms with E-state index in [-0.39, 0.29) is 0 Å². The summed E-state index contributed by atoms with van der Waals surface area (Å²) < 4.78 is 0. The Labute approximate surface area is 125 Å². The zero-order valence-corrected chi connectivity index (χ0v) is 14.4. The molecule has 1 rings (SSSR count). The van der Waals surface area contributed by atoms with Crippen LogP contribution < -0.4 is 5.32 Å². The quantitative estimate of drug-likeness (QED) is 0.599. The standard InChI is InChI=1S/C16H34N4/c1-7-14(3)19(6)12-10-18-15(17-8-2)20-11-9-16(4,5)13-20/h14H,7-13H2,1-6H3,(H,17,18). The molecule has 0 spiro atoms. The molecule has 0 amide bonds. The smallest absolute Gasteiger partial charge is 0.193 e. The molecular weight excluding hydrogens is 248 g/mol. The van der Waals surface area contributed by atoms with E-state index in [1.165, 1.54) is 12.8 Å². The van der Waals surface area contributed by atoms with Gasteiger partial charge in [0.1, 0.15) is 0 Å². The zero-order chi connectivity index (χ0) is 15.2. The molecule has 1 fully saturated rings. The Morgan fingerprint density at radius 2 is 2.10 bits per heavy atom. The lowest BCUT2D eigenvalue weighted by Crippen LogP contribution is -2.41. The number of nitrogens with zero attached hydrogens (tertiary/aromatic N) is 3. The van der Waals surface area contributed by atoms with Crippen LogP contribution >= 0.6 is 0 Å². The van der Waals surface area contributed by atoms with Gasteiger partial charge in [-0.1, -0.05) is 20.8 Å². The summed E-state index contributed by atoms with van der Waals surface area (Å²) in [6.45, 7) is 16.4. The Hall–Kier alpha value is -0.770. The second-order valence-corrected chi connectivity index (χ2v) is 6.81. The van der Waals surface area contributed by atoms with E-state index >= 15 is 0 Å². The van der Waals surface area contributed by atoms with Gasteiger partial charge in [0.15, 0.2) is 5.96 Å². The van der Waals surface area contributed by atoms with Gasteiger partial charge in [-0.3, -0.25) is 4.99 Å². The van der Waals surface area contributed by atoms with E-state index in [2.05, 4.69) is 56.8 Å². The first-order valence-corrected chi connectivity index (χ1v) is 8.13. The SMILES string of the molecule is CCNC(=NCCN(C)C(C)CC)N1CCC(C)(C)C1. The number of aliphatic imine (C=N–C) groups is 1. The molecule has 0 bridgehead atoms. The van der Waals surface area contributed by atoms with Crippen molar-refractivity contribution in [2.45, 2.75) is 53.5 Å². The molecule has 4 heteroatoms. The monoisotopic (exact) mass is 282 g/mol. The van der Waals surface area contributed by atoms with E-state index < -0.39 is 0 Å². The van der Waals surface area contributed by atoms with Crippen molar-refractivity contribution in [3.63, 3.8) is 0 Å². The van der Waals surface area contributed by atoms with Crippen LogP contribution in [0.15, 0.2) is 4.99 Å². The lowest BCUT2D eigenvalue weighted by Gasteiger charge is -2.25. The molecule has 0 radical (unpaired) electrons. The predicted molar refractivity (Wildman–Crippen MR) is 88.3 cm³/mol. The molecule has 1 heterocycles. The van der Waals surface area contributed by atoms with Gasteiger partial charge >= 0.3 is 0 Å². The van der Waals surface area contributed by atoms with E-state index in [1.54, 1.807) is 0 Å². The molecule has 1 atom stereocenters. The van der Waals surface area contributed by atoms with Gasteiger partial charge in [-0.2, -0.15) is 0 Å². The molecule has 0 saturated carbocycles. The average molecular weight is 282 g/mol. The van der Waals surface area contributed by atoms with Crippen molar-refractivity contribution < 1.29 is 0 Å². The second kappa shape index (κ2) is 7.87. The molecule has 1 unspecified atom stereocenters. The average Bonchev–Trinajstić information content (AvgIpc) is 2.76. The fraction of sp³-hybridized carbons (Fsp3) is 0.938. The predicted octanol–water partition coefficient (Wildman–Crippen LogP) is 2.41. The first-order valence-electron chi connectivity index (χ1n) is 8.13. The van der Waals surface area contributed by atoms with Gasteiger partial charge in [0, 0.05) is 32.2 Å². The van der Waals surface area contributed by atoms with Gasteiger partial charge in [-0.25, -0.2) is 0 Å². The molecule has 1 saturated heterocycles. The van der Waals surface area contributed by atoms with E-state index in [0.29, 0.717) is 11.5 Å². The van der Waals surface area contributed by atoms with E-state index in [4.69, 9.17) is 4.99 Å². The maximum atomic E-state index is 4.81. The van der Waals surface area contributed by atoms with Crippen LogP contribution in [0.2, 0.25) is 0 Å².